The number of hydrogen-bond donors (Lipinski definition) is 8. The molecule has 386 valence electrons. The van der Waals surface area contributed by atoms with E-state index in [0.29, 0.717) is 54.6 Å². The lowest BCUT2D eigenvalue weighted by Crippen LogP contribution is -2.52. The van der Waals surface area contributed by atoms with Gasteiger partial charge in [0, 0.05) is 34.0 Å². The lowest BCUT2D eigenvalue weighted by molar-refractivity contribution is -0.384. The normalized spacial score (nSPS) is 20.2. The number of halogens is 6. The number of nitrogens with one attached hydrogen (secondary N) is 2. The van der Waals surface area contributed by atoms with Crippen molar-refractivity contribution in [1.82, 2.24) is 0 Å². The van der Waals surface area contributed by atoms with Crippen LogP contribution < -0.4 is 10.6 Å². The summed E-state index contributed by atoms with van der Waals surface area (Å²) in [7, 11) is -32.2. The Labute approximate surface area is 429 Å². The van der Waals surface area contributed by atoms with Crippen molar-refractivity contribution in [1.29, 1.82) is 0 Å². The van der Waals surface area contributed by atoms with Gasteiger partial charge in [0.25, 0.3) is 78.2 Å². The fourth-order valence-electron chi connectivity index (χ4n) is 6.47. The molecule has 2 amide bonds. The summed E-state index contributed by atoms with van der Waals surface area (Å²) < 4.78 is 203. The number of benzene rings is 5. The maximum absolute atomic E-state index is 13.6. The molecule has 6 rings (SSSR count). The number of hydrogen-bond acceptors (Lipinski definition) is 16. The fraction of sp³-hybridized carbons (Fsp3) is 0.176. The molecule has 0 aliphatic heterocycles. The maximum atomic E-state index is 13.6. The smallest absolute Gasteiger partial charge is 0.295 e. The first kappa shape index (κ1) is 58.1. The minimum Gasteiger partial charge on any atom is -0.321 e. The molecule has 0 saturated heterocycles. The highest BCUT2D eigenvalue weighted by molar-refractivity contribution is 7.87. The molecular weight excluding hydrogens is 1210 g/mol. The van der Waals surface area contributed by atoms with Crippen molar-refractivity contribution in [2.75, 3.05) is 10.6 Å². The van der Waals surface area contributed by atoms with Gasteiger partial charge < -0.3 is 10.6 Å². The molecule has 37 heteroatoms. The van der Waals surface area contributed by atoms with Gasteiger partial charge in [-0.3, -0.25) is 47.0 Å². The lowest BCUT2D eigenvalue weighted by atomic mass is 9.97. The highest BCUT2D eigenvalue weighted by atomic mass is 35.5. The van der Waals surface area contributed by atoms with E-state index < -0.39 is 189 Å². The second-order valence-corrected chi connectivity index (χ2v) is 25.9. The lowest BCUT2D eigenvalue weighted by Gasteiger charge is -2.37. The van der Waals surface area contributed by atoms with E-state index in [9.17, 15) is 97.5 Å². The summed E-state index contributed by atoms with van der Waals surface area (Å²) >= 11 is 35.3. The molecule has 1 aliphatic rings. The van der Waals surface area contributed by atoms with E-state index in [2.05, 4.69) is 0 Å². The number of rotatable bonds is 11. The Balaban J connectivity index is 0.000000682. The van der Waals surface area contributed by atoms with Crippen LogP contribution in [0.4, 0.5) is 17.1 Å². The van der Waals surface area contributed by atoms with E-state index in [1.807, 2.05) is 10.6 Å². The monoisotopic (exact) mass is 1230 g/mol. The molecule has 0 radical (unpaired) electrons. The number of nitrogens with zero attached hydrogens (tertiary/aromatic N) is 1. The Morgan fingerprint density at radius 3 is 0.901 bits per heavy atom. The topological polar surface area (TPSA) is 428 Å². The number of amides is 2. The zero-order valence-corrected chi connectivity index (χ0v) is 43.1. The quantitative estimate of drug-likeness (QED) is 0.0349. The number of alkyl halides is 6. The Bertz CT molecular complexity index is 3520. The van der Waals surface area contributed by atoms with Crippen LogP contribution in [0.15, 0.2) is 96.1 Å². The minimum atomic E-state index is -5.53. The van der Waals surface area contributed by atoms with Crippen LogP contribution in [0.2, 0.25) is 0 Å². The first-order chi connectivity index (χ1) is 32.1. The molecule has 0 bridgehead atoms. The van der Waals surface area contributed by atoms with E-state index in [1.165, 1.54) is 0 Å². The Kier molecular flexibility index (Phi) is 16.7. The van der Waals surface area contributed by atoms with Gasteiger partial charge >= 0.3 is 0 Å². The highest BCUT2D eigenvalue weighted by Gasteiger charge is 2.47. The summed E-state index contributed by atoms with van der Waals surface area (Å²) in [5.74, 6) is -3.14. The van der Waals surface area contributed by atoms with Crippen LogP contribution in [0.1, 0.15) is 20.7 Å². The number of fused-ring (bicyclic) bond motifs is 2. The van der Waals surface area contributed by atoms with Crippen molar-refractivity contribution in [3.63, 3.8) is 0 Å². The van der Waals surface area contributed by atoms with Crippen molar-refractivity contribution in [2.24, 2.45) is 0 Å². The molecule has 1 aliphatic carbocycles. The molecule has 0 atom stereocenters. The van der Waals surface area contributed by atoms with Gasteiger partial charge in [-0.25, -0.2) is 0 Å². The van der Waals surface area contributed by atoms with Crippen LogP contribution in [0, 0.1) is 10.1 Å². The molecule has 1 saturated carbocycles. The van der Waals surface area contributed by atoms with E-state index in [1.54, 1.807) is 0 Å². The average molecular weight is 1230 g/mol. The van der Waals surface area contributed by atoms with Gasteiger partial charge in [-0.1, -0.05) is 0 Å². The second-order valence-electron chi connectivity index (χ2n) is 14.4. The summed E-state index contributed by atoms with van der Waals surface area (Å²) in [5, 5.41) is 9.88. The number of nitro groups is 1. The Hall–Kier alpha value is -3.84. The third kappa shape index (κ3) is 13.1. The van der Waals surface area contributed by atoms with Crippen LogP contribution in [0.25, 0.3) is 21.5 Å². The van der Waals surface area contributed by atoms with Crippen LogP contribution in [0.5, 0.6) is 0 Å². The van der Waals surface area contributed by atoms with Gasteiger partial charge in [0.05, 0.1) is 68.1 Å². The molecule has 0 unspecified atom stereocenters. The van der Waals surface area contributed by atoms with E-state index in [4.69, 9.17) is 69.6 Å². The van der Waals surface area contributed by atoms with E-state index in [0.717, 1.165) is 0 Å². The van der Waals surface area contributed by atoms with Crippen molar-refractivity contribution < 1.29 is 92.3 Å². The van der Waals surface area contributed by atoms with Crippen molar-refractivity contribution in [2.45, 2.75) is 61.6 Å². The SMILES string of the molecule is ClC1C(Cl)C(Cl)C(Cl)C(Cl)C1Cl.O=C(Nc1cc(S(=O)(=O)O)cc2cc(S(=O)(=O)O)cc(S(=O)(=O)O)c12)c1cc(C(=O)Nc2cc(S(=O)(=O)O)cc3cc(S(=O)(=O)O)cc(S(=O)(=O)O)c23)cc([N+](=O)[O-])c1. The molecule has 0 aromatic heterocycles. The summed E-state index contributed by atoms with van der Waals surface area (Å²) in [4.78, 5) is 30.5. The van der Waals surface area contributed by atoms with Gasteiger partial charge in [-0.05, 0) is 65.4 Å². The number of anilines is 2. The predicted octanol–water partition coefficient (Wildman–Crippen LogP) is 5.53. The predicted molar refractivity (Wildman–Crippen MR) is 254 cm³/mol. The van der Waals surface area contributed by atoms with Crippen molar-refractivity contribution >= 4 is 181 Å². The first-order valence-electron chi connectivity index (χ1n) is 18.0. The number of nitro benzene ring substituents is 1. The molecule has 25 nitrogen and oxygen atoms in total. The van der Waals surface area contributed by atoms with Gasteiger partial charge in [0.15, 0.2) is 0 Å². The molecule has 5 aromatic carbocycles. The summed E-state index contributed by atoms with van der Waals surface area (Å²) in [6.45, 7) is 0. The highest BCUT2D eigenvalue weighted by Crippen LogP contribution is 2.41. The van der Waals surface area contributed by atoms with Crippen LogP contribution in [0.3, 0.4) is 0 Å². The molecule has 1 fully saturated rings. The molecule has 0 heterocycles. The molecule has 5 aromatic rings. The molecule has 71 heavy (non-hydrogen) atoms. The van der Waals surface area contributed by atoms with E-state index in [-0.39, 0.29) is 12.1 Å². The van der Waals surface area contributed by atoms with Gasteiger partial charge in [0.1, 0.15) is 9.79 Å². The van der Waals surface area contributed by atoms with Gasteiger partial charge in [-0.2, -0.15) is 50.5 Å². The van der Waals surface area contributed by atoms with Crippen LogP contribution >= 0.6 is 69.6 Å². The number of carbonyl (C=O) groups is 2. The largest absolute Gasteiger partial charge is 0.321 e. The number of carbonyl (C=O) groups excluding carboxylic acids is 2. The van der Waals surface area contributed by atoms with Crippen molar-refractivity contribution in [3.8, 4) is 0 Å². The third-order valence-electron chi connectivity index (χ3n) is 9.64. The van der Waals surface area contributed by atoms with Gasteiger partial charge in [0.2, 0.25) is 0 Å². The molecule has 0 spiro atoms. The first-order valence-corrected chi connectivity index (χ1v) is 29.2. The third-order valence-corrected chi connectivity index (χ3v) is 18.8. The van der Waals surface area contributed by atoms with Crippen LogP contribution in [-0.2, 0) is 60.7 Å². The number of non-ortho nitro benzene ring substituents is 1. The summed E-state index contributed by atoms with van der Waals surface area (Å²) in [5.41, 5.74) is -4.81. The second kappa shape index (κ2) is 20.5. The van der Waals surface area contributed by atoms with Crippen molar-refractivity contribution in [3.05, 3.63) is 88.0 Å². The molecular formula is C34H25Cl6N3O22S6. The fourth-order valence-corrected chi connectivity index (χ4v) is 12.6. The maximum Gasteiger partial charge on any atom is 0.295 e. The molecule has 8 N–H and O–H groups in total. The summed E-state index contributed by atoms with van der Waals surface area (Å²) in [6, 6.07) is 4.61. The average Bonchev–Trinajstić information content (AvgIpc) is 3.24. The Morgan fingerprint density at radius 2 is 0.676 bits per heavy atom. The van der Waals surface area contributed by atoms with E-state index >= 15 is 0 Å². The van der Waals surface area contributed by atoms with Crippen LogP contribution in [-0.4, -0.2) is 127 Å². The zero-order valence-electron chi connectivity index (χ0n) is 33.7. The minimum absolute atomic E-state index is 0.198. The standard InChI is InChI=1S/C28H19N3O22S6.C6H6Cl6/c32-27(29-21-8-17(54(36,37)38)4-12-6-19(56(42,43)44)10-23(25(12)21)58(48,49)50)14-1-15(3-16(2-14)31(34)35)28(33)30-22-9-18(55(39,40)41)5-13-7-20(57(45,46)47)11-24(26(13)22)59(51,52)53;7-1-2(8)4(10)6(12)5(11)3(1)9/h1-11H,(H,29,32)(H,30,33)(H,36,37,38)(H,39,40,41)(H,42,43,44)(H,45,46,47)(H,48,49,50)(H,51,52,53);1-6H. The summed E-state index contributed by atoms with van der Waals surface area (Å²) in [6.07, 6.45) is 0. The zero-order chi connectivity index (χ0) is 54.0. The van der Waals surface area contributed by atoms with Gasteiger partial charge in [-0.15, -0.1) is 69.6 Å². The Morgan fingerprint density at radius 1 is 0.423 bits per heavy atom.